The first-order chi connectivity index (χ1) is 13.2. The first kappa shape index (κ1) is 17.3. The van der Waals surface area contributed by atoms with Gasteiger partial charge in [-0.05, 0) is 42.8 Å². The maximum atomic E-state index is 13.1. The van der Waals surface area contributed by atoms with E-state index in [-0.39, 0.29) is 11.7 Å². The van der Waals surface area contributed by atoms with E-state index in [9.17, 15) is 9.18 Å². The topological polar surface area (TPSA) is 55.6 Å². The molecule has 1 aliphatic rings. The van der Waals surface area contributed by atoms with Gasteiger partial charge in [-0.1, -0.05) is 23.4 Å². The number of para-hydroxylation sites is 1. The van der Waals surface area contributed by atoms with Crippen LogP contribution in [0, 0.1) is 5.82 Å². The Kier molecular flexibility index (Phi) is 4.87. The van der Waals surface area contributed by atoms with Crippen molar-refractivity contribution in [2.45, 2.75) is 19.4 Å². The minimum Gasteiger partial charge on any atom is -0.493 e. The predicted molar refractivity (Wildman–Crippen MR) is 97.6 cm³/mol. The number of carbonyl (C=O) groups is 1. The summed E-state index contributed by atoms with van der Waals surface area (Å²) in [6.45, 7) is 1.36. The number of hydrogen-bond donors (Lipinski definition) is 0. The highest BCUT2D eigenvalue weighted by Crippen LogP contribution is 2.30. The van der Waals surface area contributed by atoms with Gasteiger partial charge in [0.15, 0.2) is 5.76 Å². The van der Waals surface area contributed by atoms with Crippen LogP contribution in [0.5, 0.6) is 5.75 Å². The Balaban J connectivity index is 1.37. The molecule has 0 aliphatic carbocycles. The molecule has 0 unspecified atom stereocenters. The Labute approximate surface area is 156 Å². The largest absolute Gasteiger partial charge is 0.493 e. The summed E-state index contributed by atoms with van der Waals surface area (Å²) in [5.41, 5.74) is 2.55. The van der Waals surface area contributed by atoms with Gasteiger partial charge in [-0.15, -0.1) is 0 Å². The molecule has 0 spiro atoms. The van der Waals surface area contributed by atoms with Crippen LogP contribution in [0.2, 0.25) is 0 Å². The number of halogens is 1. The van der Waals surface area contributed by atoms with Crippen LogP contribution in [0.15, 0.2) is 59.1 Å². The van der Waals surface area contributed by atoms with E-state index in [1.807, 2.05) is 30.3 Å². The molecule has 1 amide bonds. The molecule has 0 saturated carbocycles. The number of carbonyl (C=O) groups excluding carboxylic acids is 1. The van der Waals surface area contributed by atoms with E-state index >= 15 is 0 Å². The zero-order valence-electron chi connectivity index (χ0n) is 14.7. The third-order valence-corrected chi connectivity index (χ3v) is 4.63. The zero-order chi connectivity index (χ0) is 18.6. The van der Waals surface area contributed by atoms with E-state index in [0.29, 0.717) is 38.3 Å². The van der Waals surface area contributed by atoms with Crippen LogP contribution in [-0.4, -0.2) is 29.1 Å². The number of fused-ring (bicyclic) bond motifs is 1. The standard InChI is InChI=1S/C21H19FN2O3/c22-16-8-6-15(7-9-16)21-18-10-12-24(14-19(18)23-27-21)20(25)11-13-26-17-4-2-1-3-5-17/h1-9H,10-14H2. The summed E-state index contributed by atoms with van der Waals surface area (Å²) in [4.78, 5) is 14.2. The average molecular weight is 366 g/mol. The van der Waals surface area contributed by atoms with Gasteiger partial charge in [0.1, 0.15) is 17.3 Å². The van der Waals surface area contributed by atoms with E-state index in [1.54, 1.807) is 17.0 Å². The molecule has 4 rings (SSSR count). The molecule has 2 aromatic carbocycles. The zero-order valence-corrected chi connectivity index (χ0v) is 14.7. The highest BCUT2D eigenvalue weighted by Gasteiger charge is 2.27. The maximum absolute atomic E-state index is 13.1. The lowest BCUT2D eigenvalue weighted by atomic mass is 10.0. The molecular formula is C21H19FN2O3. The Bertz CT molecular complexity index is 922. The number of benzene rings is 2. The summed E-state index contributed by atoms with van der Waals surface area (Å²) >= 11 is 0. The quantitative estimate of drug-likeness (QED) is 0.689. The Morgan fingerprint density at radius 1 is 1.15 bits per heavy atom. The van der Waals surface area contributed by atoms with Gasteiger partial charge in [0.2, 0.25) is 5.91 Å². The lowest BCUT2D eigenvalue weighted by Crippen LogP contribution is -2.36. The number of nitrogens with zero attached hydrogens (tertiary/aromatic N) is 2. The van der Waals surface area contributed by atoms with Gasteiger partial charge in [-0.3, -0.25) is 4.79 Å². The number of hydrogen-bond acceptors (Lipinski definition) is 4. The molecule has 0 bridgehead atoms. The molecular weight excluding hydrogens is 347 g/mol. The van der Waals surface area contributed by atoms with E-state index < -0.39 is 0 Å². The van der Waals surface area contributed by atoms with Crippen LogP contribution < -0.4 is 4.74 Å². The van der Waals surface area contributed by atoms with Gasteiger partial charge in [-0.25, -0.2) is 4.39 Å². The Morgan fingerprint density at radius 2 is 1.93 bits per heavy atom. The molecule has 3 aromatic rings. The van der Waals surface area contributed by atoms with Gasteiger partial charge in [0.25, 0.3) is 0 Å². The summed E-state index contributed by atoms with van der Waals surface area (Å²) < 4.78 is 24.2. The molecule has 0 saturated heterocycles. The van der Waals surface area contributed by atoms with Crippen LogP contribution in [0.25, 0.3) is 11.3 Å². The smallest absolute Gasteiger partial charge is 0.226 e. The first-order valence-corrected chi connectivity index (χ1v) is 8.89. The summed E-state index contributed by atoms with van der Waals surface area (Å²) in [5.74, 6) is 1.15. The average Bonchev–Trinajstić information content (AvgIpc) is 3.12. The molecule has 0 N–H and O–H groups in total. The number of ether oxygens (including phenoxy) is 1. The van der Waals surface area contributed by atoms with Gasteiger partial charge < -0.3 is 14.2 Å². The van der Waals surface area contributed by atoms with Gasteiger partial charge in [-0.2, -0.15) is 0 Å². The number of amides is 1. The minimum absolute atomic E-state index is 0.0305. The maximum Gasteiger partial charge on any atom is 0.226 e. The van der Waals surface area contributed by atoms with Crippen LogP contribution in [0.4, 0.5) is 4.39 Å². The summed E-state index contributed by atoms with van der Waals surface area (Å²) in [6.07, 6.45) is 0.976. The van der Waals surface area contributed by atoms with Crippen molar-refractivity contribution in [3.63, 3.8) is 0 Å². The molecule has 2 heterocycles. The second-order valence-electron chi connectivity index (χ2n) is 6.42. The van der Waals surface area contributed by atoms with Crippen molar-refractivity contribution in [1.29, 1.82) is 0 Å². The Morgan fingerprint density at radius 3 is 2.70 bits per heavy atom. The molecule has 5 nitrogen and oxygen atoms in total. The second kappa shape index (κ2) is 7.61. The van der Waals surface area contributed by atoms with Crippen molar-refractivity contribution < 1.29 is 18.4 Å². The SMILES string of the molecule is O=C(CCOc1ccccc1)N1CCc2c(noc2-c2ccc(F)cc2)C1. The van der Waals surface area contributed by atoms with Crippen LogP contribution >= 0.6 is 0 Å². The highest BCUT2D eigenvalue weighted by molar-refractivity contribution is 5.77. The highest BCUT2D eigenvalue weighted by atomic mass is 19.1. The van der Waals surface area contributed by atoms with E-state index in [2.05, 4.69) is 5.16 Å². The van der Waals surface area contributed by atoms with Crippen molar-refractivity contribution in [3.05, 3.63) is 71.7 Å². The fourth-order valence-corrected chi connectivity index (χ4v) is 3.20. The van der Waals surface area contributed by atoms with Crippen molar-refractivity contribution in [3.8, 4) is 17.1 Å². The van der Waals surface area contributed by atoms with Crippen molar-refractivity contribution >= 4 is 5.91 Å². The first-order valence-electron chi connectivity index (χ1n) is 8.89. The molecule has 0 atom stereocenters. The lowest BCUT2D eigenvalue weighted by molar-refractivity contribution is -0.132. The second-order valence-corrected chi connectivity index (χ2v) is 6.42. The van der Waals surface area contributed by atoms with Crippen molar-refractivity contribution in [1.82, 2.24) is 10.1 Å². The molecule has 138 valence electrons. The monoisotopic (exact) mass is 366 g/mol. The van der Waals surface area contributed by atoms with Crippen molar-refractivity contribution in [2.75, 3.05) is 13.2 Å². The van der Waals surface area contributed by atoms with E-state index in [1.165, 1.54) is 12.1 Å². The van der Waals surface area contributed by atoms with Crippen LogP contribution in [0.3, 0.4) is 0 Å². The molecule has 0 radical (unpaired) electrons. The molecule has 27 heavy (non-hydrogen) atoms. The molecule has 1 aliphatic heterocycles. The van der Waals surface area contributed by atoms with E-state index in [0.717, 1.165) is 22.6 Å². The number of aromatic nitrogens is 1. The van der Waals surface area contributed by atoms with Gasteiger partial charge in [0, 0.05) is 17.7 Å². The normalized spacial score (nSPS) is 13.3. The minimum atomic E-state index is -0.290. The van der Waals surface area contributed by atoms with Crippen molar-refractivity contribution in [2.24, 2.45) is 0 Å². The predicted octanol–water partition coefficient (Wildman–Crippen LogP) is 3.83. The van der Waals surface area contributed by atoms with E-state index in [4.69, 9.17) is 9.26 Å². The molecule has 6 heteroatoms. The fraction of sp³-hybridized carbons (Fsp3) is 0.238. The molecule has 1 aromatic heterocycles. The third kappa shape index (κ3) is 3.84. The van der Waals surface area contributed by atoms with Crippen LogP contribution in [-0.2, 0) is 17.8 Å². The summed E-state index contributed by atoms with van der Waals surface area (Å²) in [6, 6.07) is 15.6. The van der Waals surface area contributed by atoms with Gasteiger partial charge >= 0.3 is 0 Å². The van der Waals surface area contributed by atoms with Crippen LogP contribution in [0.1, 0.15) is 17.7 Å². The molecule has 0 fully saturated rings. The summed E-state index contributed by atoms with van der Waals surface area (Å²) in [7, 11) is 0. The number of rotatable bonds is 5. The van der Waals surface area contributed by atoms with Gasteiger partial charge in [0.05, 0.1) is 19.6 Å². The third-order valence-electron chi connectivity index (χ3n) is 4.63. The fourth-order valence-electron chi connectivity index (χ4n) is 3.20. The Hall–Kier alpha value is -3.15. The lowest BCUT2D eigenvalue weighted by Gasteiger charge is -2.26. The summed E-state index contributed by atoms with van der Waals surface area (Å²) in [5, 5.41) is 4.12.